The molecule has 33 heavy (non-hydrogen) atoms. The zero-order valence-corrected chi connectivity index (χ0v) is 19.0. The fraction of sp³-hybridized carbons (Fsp3) is 0.276. The zero-order valence-electron chi connectivity index (χ0n) is 19.0. The van der Waals surface area contributed by atoms with Gasteiger partial charge in [0.25, 0.3) is 0 Å². The van der Waals surface area contributed by atoms with Gasteiger partial charge in [-0.3, -0.25) is 4.79 Å². The highest BCUT2D eigenvalue weighted by Crippen LogP contribution is 2.61. The molecular weight excluding hydrogens is 406 g/mol. The third-order valence-electron chi connectivity index (χ3n) is 7.11. The highest BCUT2D eigenvalue weighted by molar-refractivity contribution is 5.93. The molecule has 3 unspecified atom stereocenters. The SMILES string of the molecule is CC(C)(C)C(=O)C1C(c2cccc3ccccc23)C(C#N)(C#N)C2c3ccccc3C=CN12. The van der Waals surface area contributed by atoms with E-state index in [1.54, 1.807) is 0 Å². The van der Waals surface area contributed by atoms with Crippen LogP contribution in [0.15, 0.2) is 72.9 Å². The largest absolute Gasteiger partial charge is 0.357 e. The number of rotatable bonds is 2. The van der Waals surface area contributed by atoms with E-state index in [1.165, 1.54) is 0 Å². The highest BCUT2D eigenvalue weighted by atomic mass is 16.1. The van der Waals surface area contributed by atoms with Crippen molar-refractivity contribution in [2.24, 2.45) is 10.8 Å². The Hall–Kier alpha value is -3.89. The molecule has 2 aliphatic rings. The van der Waals surface area contributed by atoms with Crippen molar-refractivity contribution in [1.82, 2.24) is 4.90 Å². The molecule has 4 nitrogen and oxygen atoms in total. The van der Waals surface area contributed by atoms with Crippen LogP contribution >= 0.6 is 0 Å². The minimum Gasteiger partial charge on any atom is -0.357 e. The van der Waals surface area contributed by atoms with Crippen LogP contribution in [-0.2, 0) is 4.79 Å². The number of carbonyl (C=O) groups is 1. The molecule has 3 aromatic rings. The first-order valence-electron chi connectivity index (χ1n) is 11.2. The summed E-state index contributed by atoms with van der Waals surface area (Å²) >= 11 is 0. The van der Waals surface area contributed by atoms with Gasteiger partial charge >= 0.3 is 0 Å². The van der Waals surface area contributed by atoms with E-state index >= 15 is 0 Å². The molecule has 2 heterocycles. The molecule has 5 rings (SSSR count). The lowest BCUT2D eigenvalue weighted by Gasteiger charge is -2.36. The second-order valence-electron chi connectivity index (χ2n) is 9.99. The van der Waals surface area contributed by atoms with Crippen LogP contribution < -0.4 is 0 Å². The molecule has 0 radical (unpaired) electrons. The van der Waals surface area contributed by atoms with E-state index in [2.05, 4.69) is 12.1 Å². The van der Waals surface area contributed by atoms with E-state index in [0.29, 0.717) is 0 Å². The number of benzene rings is 3. The number of nitrogens with zero attached hydrogens (tertiary/aromatic N) is 3. The standard InChI is InChI=1S/C29H25N3O/c1-28(2,3)27(33)25-24(23-14-8-11-19-9-4-6-12-21(19)23)29(17-30,18-31)26-22-13-7-5-10-20(22)15-16-32(25)26/h4-16,24-26H,1-3H3. The van der Waals surface area contributed by atoms with Gasteiger partial charge in [-0.05, 0) is 33.5 Å². The summed E-state index contributed by atoms with van der Waals surface area (Å²) < 4.78 is 0. The fourth-order valence-corrected chi connectivity index (χ4v) is 5.60. The minimum atomic E-state index is -1.43. The van der Waals surface area contributed by atoms with Crippen molar-refractivity contribution in [3.63, 3.8) is 0 Å². The van der Waals surface area contributed by atoms with Crippen molar-refractivity contribution in [3.05, 3.63) is 89.6 Å². The Morgan fingerprint density at radius 3 is 2.27 bits per heavy atom. The smallest absolute Gasteiger partial charge is 0.177 e. The zero-order chi connectivity index (χ0) is 23.4. The van der Waals surface area contributed by atoms with E-state index in [-0.39, 0.29) is 5.78 Å². The van der Waals surface area contributed by atoms with Crippen molar-refractivity contribution in [2.45, 2.75) is 38.8 Å². The van der Waals surface area contributed by atoms with Crippen molar-refractivity contribution in [2.75, 3.05) is 0 Å². The van der Waals surface area contributed by atoms with E-state index in [9.17, 15) is 15.3 Å². The third-order valence-corrected chi connectivity index (χ3v) is 7.11. The number of ketones is 1. The van der Waals surface area contributed by atoms with Crippen LogP contribution in [-0.4, -0.2) is 16.7 Å². The summed E-state index contributed by atoms with van der Waals surface area (Å²) in [7, 11) is 0. The summed E-state index contributed by atoms with van der Waals surface area (Å²) in [4.78, 5) is 16.0. The molecule has 2 aliphatic heterocycles. The summed E-state index contributed by atoms with van der Waals surface area (Å²) in [5.74, 6) is -0.576. The molecular formula is C29H25N3O. The van der Waals surface area contributed by atoms with Crippen LogP contribution in [0.5, 0.6) is 0 Å². The Bertz CT molecular complexity index is 1360. The van der Waals surface area contributed by atoms with Crippen molar-refractivity contribution >= 4 is 22.6 Å². The third kappa shape index (κ3) is 2.91. The maximum atomic E-state index is 14.0. The Labute approximate surface area is 194 Å². The average molecular weight is 432 g/mol. The van der Waals surface area contributed by atoms with Gasteiger partial charge in [0.2, 0.25) is 0 Å². The average Bonchev–Trinajstić information content (AvgIpc) is 3.13. The first kappa shape index (κ1) is 21.0. The summed E-state index contributed by atoms with van der Waals surface area (Å²) in [6, 6.07) is 25.5. The number of hydrogen-bond donors (Lipinski definition) is 0. The number of carbonyl (C=O) groups excluding carboxylic acids is 1. The quantitative estimate of drug-likeness (QED) is 0.500. The molecule has 162 valence electrons. The van der Waals surface area contributed by atoms with Gasteiger partial charge in [-0.1, -0.05) is 87.5 Å². The normalized spacial score (nSPS) is 22.8. The van der Waals surface area contributed by atoms with Gasteiger partial charge in [-0.15, -0.1) is 0 Å². The summed E-state index contributed by atoms with van der Waals surface area (Å²) in [5.41, 5.74) is 0.700. The number of Topliss-reactive ketones (excluding diaryl/α,β-unsaturated/α-hetero) is 1. The Morgan fingerprint density at radius 2 is 1.55 bits per heavy atom. The van der Waals surface area contributed by atoms with Crippen LogP contribution in [0.3, 0.4) is 0 Å². The summed E-state index contributed by atoms with van der Waals surface area (Å²) in [5, 5.41) is 23.3. The lowest BCUT2D eigenvalue weighted by molar-refractivity contribution is -0.130. The van der Waals surface area contributed by atoms with Gasteiger partial charge in [-0.2, -0.15) is 10.5 Å². The molecule has 0 N–H and O–H groups in total. The molecule has 3 atom stereocenters. The van der Waals surface area contributed by atoms with Crippen LogP contribution in [0, 0.1) is 33.5 Å². The van der Waals surface area contributed by atoms with Crippen molar-refractivity contribution in [3.8, 4) is 12.1 Å². The molecule has 1 saturated heterocycles. The maximum absolute atomic E-state index is 14.0. The lowest BCUT2D eigenvalue weighted by atomic mass is 9.66. The molecule has 1 fully saturated rings. The number of hydrogen-bond acceptors (Lipinski definition) is 4. The van der Waals surface area contributed by atoms with E-state index in [1.807, 2.05) is 105 Å². The maximum Gasteiger partial charge on any atom is 0.177 e. The van der Waals surface area contributed by atoms with E-state index in [4.69, 9.17) is 0 Å². The number of fused-ring (bicyclic) bond motifs is 4. The van der Waals surface area contributed by atoms with Crippen molar-refractivity contribution < 1.29 is 4.79 Å². The first-order chi connectivity index (χ1) is 15.8. The second kappa shape index (κ2) is 7.32. The number of nitriles is 2. The lowest BCUT2D eigenvalue weighted by Crippen LogP contribution is -2.43. The van der Waals surface area contributed by atoms with Gasteiger partial charge < -0.3 is 4.90 Å². The highest BCUT2D eigenvalue weighted by Gasteiger charge is 2.64. The first-order valence-corrected chi connectivity index (χ1v) is 11.2. The molecule has 0 aromatic heterocycles. The van der Waals surface area contributed by atoms with E-state index < -0.39 is 28.8 Å². The molecule has 0 saturated carbocycles. The van der Waals surface area contributed by atoms with Gasteiger partial charge in [0, 0.05) is 17.5 Å². The van der Waals surface area contributed by atoms with E-state index in [0.717, 1.165) is 27.5 Å². The predicted octanol–water partition coefficient (Wildman–Crippen LogP) is 5.98. The molecule has 0 spiro atoms. The van der Waals surface area contributed by atoms with Crippen LogP contribution in [0.25, 0.3) is 16.8 Å². The molecule has 0 amide bonds. The van der Waals surface area contributed by atoms with Gasteiger partial charge in [-0.25, -0.2) is 0 Å². The van der Waals surface area contributed by atoms with Crippen LogP contribution in [0.1, 0.15) is 49.4 Å². The fourth-order valence-electron chi connectivity index (χ4n) is 5.60. The Morgan fingerprint density at radius 1 is 0.909 bits per heavy atom. The molecule has 0 aliphatic carbocycles. The Kier molecular flexibility index (Phi) is 4.66. The molecule has 4 heteroatoms. The van der Waals surface area contributed by atoms with Crippen LogP contribution in [0.4, 0.5) is 0 Å². The van der Waals surface area contributed by atoms with Gasteiger partial charge in [0.15, 0.2) is 11.2 Å². The van der Waals surface area contributed by atoms with Crippen LogP contribution in [0.2, 0.25) is 0 Å². The van der Waals surface area contributed by atoms with Gasteiger partial charge in [0.1, 0.15) is 0 Å². The topological polar surface area (TPSA) is 67.9 Å². The van der Waals surface area contributed by atoms with Crippen molar-refractivity contribution in [1.29, 1.82) is 10.5 Å². The predicted molar refractivity (Wildman–Crippen MR) is 129 cm³/mol. The summed E-state index contributed by atoms with van der Waals surface area (Å²) in [6.07, 6.45) is 3.90. The monoisotopic (exact) mass is 431 g/mol. The minimum absolute atomic E-state index is 0.0295. The molecule has 3 aromatic carbocycles. The Balaban J connectivity index is 1.86. The second-order valence-corrected chi connectivity index (χ2v) is 9.99. The molecule has 0 bridgehead atoms. The summed E-state index contributed by atoms with van der Waals surface area (Å²) in [6.45, 7) is 5.72. The van der Waals surface area contributed by atoms with Gasteiger partial charge in [0.05, 0.1) is 24.2 Å².